The van der Waals surface area contributed by atoms with Crippen molar-refractivity contribution in [1.29, 1.82) is 0 Å². The molecule has 3 aromatic rings. The van der Waals surface area contributed by atoms with Crippen LogP contribution in [0.4, 0.5) is 5.69 Å². The Balaban J connectivity index is 1.45. The van der Waals surface area contributed by atoms with Gasteiger partial charge in [0.05, 0.1) is 0 Å². The lowest BCUT2D eigenvalue weighted by molar-refractivity contribution is -0.121. The average molecular weight is 411 g/mol. The van der Waals surface area contributed by atoms with E-state index >= 15 is 0 Å². The van der Waals surface area contributed by atoms with Gasteiger partial charge >= 0.3 is 0 Å². The van der Waals surface area contributed by atoms with Gasteiger partial charge in [-0.05, 0) is 54.5 Å². The number of para-hydroxylation sites is 1. The summed E-state index contributed by atoms with van der Waals surface area (Å²) in [6.07, 6.45) is 1.02. The molecule has 2 heterocycles. The number of hydrogen-bond acceptors (Lipinski definition) is 2. The molecule has 3 atom stereocenters. The molecular weight excluding hydrogens is 380 g/mol. The summed E-state index contributed by atoms with van der Waals surface area (Å²) in [5, 5.41) is 3.19. The van der Waals surface area contributed by atoms with Crippen molar-refractivity contribution in [3.8, 4) is 0 Å². The lowest BCUT2D eigenvalue weighted by Crippen LogP contribution is -2.44. The van der Waals surface area contributed by atoms with E-state index in [0.717, 1.165) is 42.9 Å². The Morgan fingerprint density at radius 1 is 1.03 bits per heavy atom. The molecule has 3 aromatic carbocycles. The molecule has 3 heteroatoms. The van der Waals surface area contributed by atoms with Crippen molar-refractivity contribution < 1.29 is 4.79 Å². The van der Waals surface area contributed by atoms with Crippen LogP contribution in [0.25, 0.3) is 0 Å². The Labute approximate surface area is 185 Å². The lowest BCUT2D eigenvalue weighted by atomic mass is 9.66. The van der Waals surface area contributed by atoms with E-state index in [1.807, 2.05) is 18.2 Å². The Hall–Kier alpha value is -2.91. The van der Waals surface area contributed by atoms with Crippen LogP contribution >= 0.6 is 0 Å². The highest BCUT2D eigenvalue weighted by atomic mass is 16.2. The number of rotatable bonds is 5. The maximum atomic E-state index is 13.6. The second kappa shape index (κ2) is 7.97. The molecule has 2 aliphatic heterocycles. The van der Waals surface area contributed by atoms with Crippen molar-refractivity contribution in [2.75, 3.05) is 25.0 Å². The van der Waals surface area contributed by atoms with Crippen LogP contribution in [0.15, 0.2) is 78.9 Å². The van der Waals surface area contributed by atoms with E-state index in [-0.39, 0.29) is 11.8 Å². The normalized spacial score (nSPS) is 24.1. The van der Waals surface area contributed by atoms with Crippen molar-refractivity contribution in [2.45, 2.75) is 31.6 Å². The summed E-state index contributed by atoms with van der Waals surface area (Å²) in [5.74, 6) is 0.845. The molecule has 0 aromatic heterocycles. The quantitative estimate of drug-likeness (QED) is 0.614. The van der Waals surface area contributed by atoms with E-state index in [1.165, 1.54) is 11.1 Å². The highest BCUT2D eigenvalue weighted by Gasteiger charge is 2.54. The van der Waals surface area contributed by atoms with Gasteiger partial charge in [-0.3, -0.25) is 4.79 Å². The van der Waals surface area contributed by atoms with Crippen molar-refractivity contribution >= 4 is 11.6 Å². The molecule has 31 heavy (non-hydrogen) atoms. The van der Waals surface area contributed by atoms with Crippen molar-refractivity contribution in [3.05, 3.63) is 101 Å². The van der Waals surface area contributed by atoms with E-state index in [2.05, 4.69) is 84.7 Å². The van der Waals surface area contributed by atoms with Gasteiger partial charge in [-0.1, -0.05) is 85.3 Å². The Morgan fingerprint density at radius 3 is 2.61 bits per heavy atom. The van der Waals surface area contributed by atoms with Gasteiger partial charge in [-0.15, -0.1) is 0 Å². The van der Waals surface area contributed by atoms with Crippen molar-refractivity contribution in [2.24, 2.45) is 5.92 Å². The van der Waals surface area contributed by atoms with E-state index in [0.29, 0.717) is 5.92 Å². The van der Waals surface area contributed by atoms with Crippen LogP contribution in [-0.2, 0) is 10.2 Å². The number of amides is 1. The summed E-state index contributed by atoms with van der Waals surface area (Å²) < 4.78 is 0. The third-order valence-corrected chi connectivity index (χ3v) is 7.22. The van der Waals surface area contributed by atoms with E-state index in [9.17, 15) is 4.79 Å². The molecule has 1 fully saturated rings. The van der Waals surface area contributed by atoms with Crippen LogP contribution in [0.5, 0.6) is 0 Å². The molecule has 0 spiro atoms. The predicted octanol–water partition coefficient (Wildman–Crippen LogP) is 5.36. The molecule has 1 N–H and O–H groups in total. The molecule has 2 unspecified atom stereocenters. The minimum Gasteiger partial charge on any atom is -0.325 e. The number of anilines is 1. The van der Waals surface area contributed by atoms with Gasteiger partial charge in [0.1, 0.15) is 5.41 Å². The topological polar surface area (TPSA) is 32.3 Å². The maximum absolute atomic E-state index is 13.6. The maximum Gasteiger partial charge on any atom is 0.239 e. The molecule has 0 saturated carbocycles. The largest absolute Gasteiger partial charge is 0.325 e. The fourth-order valence-electron chi connectivity index (χ4n) is 5.73. The van der Waals surface area contributed by atoms with Gasteiger partial charge in [0.25, 0.3) is 0 Å². The number of fused-ring (bicyclic) bond motifs is 1. The molecule has 3 nitrogen and oxygen atoms in total. The van der Waals surface area contributed by atoms with Crippen LogP contribution in [-0.4, -0.2) is 30.4 Å². The molecule has 0 aliphatic carbocycles. The number of carbonyl (C=O) groups is 1. The van der Waals surface area contributed by atoms with Crippen LogP contribution in [0.3, 0.4) is 0 Å². The van der Waals surface area contributed by atoms with Crippen LogP contribution in [0, 0.1) is 12.8 Å². The number of benzene rings is 3. The Kier molecular flexibility index (Phi) is 5.15. The van der Waals surface area contributed by atoms with Gasteiger partial charge in [-0.2, -0.15) is 0 Å². The first-order valence-corrected chi connectivity index (χ1v) is 11.3. The first kappa shape index (κ1) is 20.0. The molecule has 0 radical (unpaired) electrons. The van der Waals surface area contributed by atoms with Crippen molar-refractivity contribution in [1.82, 2.24) is 4.90 Å². The third-order valence-electron chi connectivity index (χ3n) is 7.22. The fourth-order valence-corrected chi connectivity index (χ4v) is 5.73. The molecular formula is C28H30N2O. The van der Waals surface area contributed by atoms with Gasteiger partial charge in [-0.25, -0.2) is 0 Å². The van der Waals surface area contributed by atoms with E-state index in [1.54, 1.807) is 0 Å². The first-order chi connectivity index (χ1) is 15.1. The number of nitrogens with zero attached hydrogens (tertiary/aromatic N) is 1. The van der Waals surface area contributed by atoms with Gasteiger partial charge in [0, 0.05) is 18.8 Å². The van der Waals surface area contributed by atoms with Crippen LogP contribution < -0.4 is 5.32 Å². The van der Waals surface area contributed by atoms with Crippen LogP contribution in [0.2, 0.25) is 0 Å². The number of hydrogen-bond donors (Lipinski definition) is 1. The molecule has 1 saturated heterocycles. The fraction of sp³-hybridized carbons (Fsp3) is 0.321. The van der Waals surface area contributed by atoms with Gasteiger partial charge in [0.2, 0.25) is 5.91 Å². The minimum atomic E-state index is -0.612. The van der Waals surface area contributed by atoms with Crippen molar-refractivity contribution in [3.63, 3.8) is 0 Å². The molecule has 1 amide bonds. The molecule has 2 aliphatic rings. The van der Waals surface area contributed by atoms with Gasteiger partial charge < -0.3 is 10.2 Å². The predicted molar refractivity (Wildman–Crippen MR) is 126 cm³/mol. The zero-order valence-electron chi connectivity index (χ0n) is 18.3. The smallest absolute Gasteiger partial charge is 0.239 e. The third kappa shape index (κ3) is 3.37. The summed E-state index contributed by atoms with van der Waals surface area (Å²) in [6.45, 7) is 7.46. The van der Waals surface area contributed by atoms with E-state index in [4.69, 9.17) is 0 Å². The average Bonchev–Trinajstić information content (AvgIpc) is 3.36. The zero-order valence-corrected chi connectivity index (χ0v) is 18.3. The second-order valence-electron chi connectivity index (χ2n) is 9.23. The monoisotopic (exact) mass is 410 g/mol. The lowest BCUT2D eigenvalue weighted by Gasteiger charge is -2.34. The highest BCUT2D eigenvalue weighted by Crippen LogP contribution is 2.50. The summed E-state index contributed by atoms with van der Waals surface area (Å²) >= 11 is 0. The standard InChI is InChI=1S/C28H30N2O/c1-20-9-8-10-22(17-20)21(2)18-30-16-15-24(19-30)28(23-11-4-3-5-12-23)25-13-6-7-14-26(25)29-27(28)31/h3-14,17,21,24H,15-16,18-19H2,1-2H3,(H,29,31)/t21?,24-,28?/m1/s1. The van der Waals surface area contributed by atoms with Crippen LogP contribution in [0.1, 0.15) is 41.5 Å². The first-order valence-electron chi connectivity index (χ1n) is 11.3. The summed E-state index contributed by atoms with van der Waals surface area (Å²) in [6, 6.07) is 27.5. The number of likely N-dealkylation sites (tertiary alicyclic amines) is 1. The molecule has 5 rings (SSSR count). The summed E-state index contributed by atoms with van der Waals surface area (Å²) in [5.41, 5.74) is 5.29. The summed E-state index contributed by atoms with van der Waals surface area (Å²) in [4.78, 5) is 16.2. The Morgan fingerprint density at radius 2 is 1.81 bits per heavy atom. The molecule has 158 valence electrons. The summed E-state index contributed by atoms with van der Waals surface area (Å²) in [7, 11) is 0. The number of carbonyl (C=O) groups excluding carboxylic acids is 1. The Bertz CT molecular complexity index is 1090. The van der Waals surface area contributed by atoms with Gasteiger partial charge in [0.15, 0.2) is 0 Å². The molecule has 0 bridgehead atoms. The minimum absolute atomic E-state index is 0.124. The second-order valence-corrected chi connectivity index (χ2v) is 9.23. The van der Waals surface area contributed by atoms with E-state index < -0.39 is 5.41 Å². The number of nitrogens with one attached hydrogen (secondary N) is 1. The SMILES string of the molecule is Cc1cccc(C(C)CN2CC[C@@H](C3(c4ccccc4)C(=O)Nc4ccccc43)C2)c1. The highest BCUT2D eigenvalue weighted by molar-refractivity contribution is 6.09. The zero-order chi connectivity index (χ0) is 21.4. The number of aryl methyl sites for hydroxylation is 1.